The fourth-order valence-electron chi connectivity index (χ4n) is 4.00. The van der Waals surface area contributed by atoms with E-state index in [2.05, 4.69) is 4.99 Å². The molecular formula is C22H24ClN3O4S2. The van der Waals surface area contributed by atoms with E-state index >= 15 is 0 Å². The summed E-state index contributed by atoms with van der Waals surface area (Å²) in [6.07, 6.45) is 0.883. The van der Waals surface area contributed by atoms with Crippen LogP contribution >= 0.6 is 22.9 Å². The van der Waals surface area contributed by atoms with Crippen molar-refractivity contribution in [1.29, 1.82) is 0 Å². The molecule has 0 N–H and O–H groups in total. The summed E-state index contributed by atoms with van der Waals surface area (Å²) in [5.41, 5.74) is 2.03. The maximum Gasteiger partial charge on any atom is 0.251 e. The molecule has 0 aliphatic carbocycles. The molecule has 1 aliphatic heterocycles. The highest BCUT2D eigenvalue weighted by molar-refractivity contribution is 7.89. The summed E-state index contributed by atoms with van der Waals surface area (Å²) >= 11 is 7.59. The van der Waals surface area contributed by atoms with E-state index in [9.17, 15) is 13.2 Å². The minimum absolute atomic E-state index is 0.211. The maximum atomic E-state index is 12.9. The van der Waals surface area contributed by atoms with Gasteiger partial charge in [0.15, 0.2) is 4.80 Å². The van der Waals surface area contributed by atoms with Crippen molar-refractivity contribution >= 4 is 49.1 Å². The zero-order chi connectivity index (χ0) is 23.0. The lowest BCUT2D eigenvalue weighted by atomic mass is 9.98. The minimum Gasteiger partial charge on any atom is -0.497 e. The molecule has 1 fully saturated rings. The van der Waals surface area contributed by atoms with E-state index in [0.29, 0.717) is 28.4 Å². The number of ether oxygens (including phenoxy) is 1. The van der Waals surface area contributed by atoms with Crippen molar-refractivity contribution in [2.45, 2.75) is 24.7 Å². The molecule has 4 rings (SSSR count). The van der Waals surface area contributed by atoms with Crippen LogP contribution < -0.4 is 9.54 Å². The van der Waals surface area contributed by atoms with Crippen molar-refractivity contribution in [2.75, 3.05) is 20.2 Å². The number of fused-ring (bicyclic) bond motifs is 1. The lowest BCUT2D eigenvalue weighted by molar-refractivity contribution is -0.122. The van der Waals surface area contributed by atoms with E-state index in [4.69, 9.17) is 16.3 Å². The first-order chi connectivity index (χ1) is 15.2. The molecule has 170 valence electrons. The third kappa shape index (κ3) is 4.34. The zero-order valence-corrected chi connectivity index (χ0v) is 20.4. The highest BCUT2D eigenvalue weighted by Gasteiger charge is 2.32. The molecule has 1 saturated heterocycles. The number of nitrogens with zero attached hydrogens (tertiary/aromatic N) is 3. The number of hydrogen-bond donors (Lipinski definition) is 0. The van der Waals surface area contributed by atoms with Gasteiger partial charge in [-0.2, -0.15) is 9.30 Å². The largest absolute Gasteiger partial charge is 0.497 e. The Morgan fingerprint density at radius 2 is 1.84 bits per heavy atom. The standard InChI is InChI=1S/C22H24ClN3O4S2/c1-14-12-16(23)13-19-20(14)25(2)22(31-19)24-21(27)15-8-10-26(11-9-15)32(28,29)18-6-4-17(30-3)5-7-18/h4-7,12-13,15H,8-11H2,1-3H3. The summed E-state index contributed by atoms with van der Waals surface area (Å²) in [6.45, 7) is 2.55. The first-order valence-corrected chi connectivity index (χ1v) is 12.8. The van der Waals surface area contributed by atoms with Crippen LogP contribution in [0.3, 0.4) is 0 Å². The van der Waals surface area contributed by atoms with Crippen molar-refractivity contribution in [3.05, 3.63) is 51.8 Å². The first-order valence-electron chi connectivity index (χ1n) is 10.2. The Kier molecular flexibility index (Phi) is 6.44. The third-order valence-electron chi connectivity index (χ3n) is 5.76. The second-order valence-electron chi connectivity index (χ2n) is 7.82. The third-order valence-corrected chi connectivity index (χ3v) is 8.97. The van der Waals surface area contributed by atoms with Crippen molar-refractivity contribution < 1.29 is 17.9 Å². The van der Waals surface area contributed by atoms with Crippen LogP contribution in [0.1, 0.15) is 18.4 Å². The van der Waals surface area contributed by atoms with Crippen molar-refractivity contribution in [3.8, 4) is 5.75 Å². The number of methoxy groups -OCH3 is 1. The molecular weight excluding hydrogens is 470 g/mol. The summed E-state index contributed by atoms with van der Waals surface area (Å²) < 4.78 is 35.3. The van der Waals surface area contributed by atoms with E-state index in [1.54, 1.807) is 12.1 Å². The van der Waals surface area contributed by atoms with Crippen LogP contribution in [-0.4, -0.2) is 43.4 Å². The van der Waals surface area contributed by atoms with Crippen LogP contribution in [0.2, 0.25) is 5.02 Å². The number of carbonyl (C=O) groups is 1. The number of piperidine rings is 1. The fourth-order valence-corrected chi connectivity index (χ4v) is 6.95. The first kappa shape index (κ1) is 23.0. The molecule has 7 nitrogen and oxygen atoms in total. The quantitative estimate of drug-likeness (QED) is 0.554. The Bertz CT molecular complexity index is 1340. The lowest BCUT2D eigenvalue weighted by Gasteiger charge is -2.29. The van der Waals surface area contributed by atoms with Gasteiger partial charge in [-0.05, 0) is 61.7 Å². The van der Waals surface area contributed by atoms with Crippen molar-refractivity contribution in [3.63, 3.8) is 0 Å². The van der Waals surface area contributed by atoms with Gasteiger partial charge >= 0.3 is 0 Å². The summed E-state index contributed by atoms with van der Waals surface area (Å²) in [6, 6.07) is 10.1. The monoisotopic (exact) mass is 493 g/mol. The SMILES string of the molecule is COc1ccc(S(=O)(=O)N2CCC(C(=O)N=c3sc4cc(Cl)cc(C)c4n3C)CC2)cc1. The molecule has 0 radical (unpaired) electrons. The summed E-state index contributed by atoms with van der Waals surface area (Å²) in [4.78, 5) is 18.1. The van der Waals surface area contributed by atoms with Crippen LogP contribution in [0.4, 0.5) is 0 Å². The van der Waals surface area contributed by atoms with E-state index in [1.165, 1.54) is 34.9 Å². The molecule has 0 bridgehead atoms. The second kappa shape index (κ2) is 8.97. The Morgan fingerprint density at radius 3 is 2.47 bits per heavy atom. The predicted octanol–water partition coefficient (Wildman–Crippen LogP) is 3.74. The smallest absolute Gasteiger partial charge is 0.251 e. The molecule has 1 amide bonds. The number of halogens is 1. The molecule has 10 heteroatoms. The molecule has 0 atom stereocenters. The molecule has 2 aromatic carbocycles. The van der Waals surface area contributed by atoms with Crippen LogP contribution in [0.15, 0.2) is 46.3 Å². The molecule has 0 saturated carbocycles. The van der Waals surface area contributed by atoms with Gasteiger partial charge in [-0.3, -0.25) is 4.79 Å². The van der Waals surface area contributed by atoms with Gasteiger partial charge in [0.1, 0.15) is 5.75 Å². The van der Waals surface area contributed by atoms with Crippen LogP contribution in [0, 0.1) is 12.8 Å². The number of aromatic nitrogens is 1. The Hall–Kier alpha value is -2.20. The Balaban J connectivity index is 1.50. The Labute approximate surface area is 196 Å². The van der Waals surface area contributed by atoms with Gasteiger partial charge in [-0.15, -0.1) is 0 Å². The molecule has 1 aromatic heterocycles. The average molecular weight is 494 g/mol. The summed E-state index contributed by atoms with van der Waals surface area (Å²) in [7, 11) is -0.189. The van der Waals surface area contributed by atoms with Crippen molar-refractivity contribution in [2.24, 2.45) is 18.0 Å². The number of hydrogen-bond acceptors (Lipinski definition) is 5. The number of carbonyl (C=O) groups excluding carboxylic acids is 1. The normalized spacial score (nSPS) is 16.6. The summed E-state index contributed by atoms with van der Waals surface area (Å²) in [5, 5.41) is 0.653. The lowest BCUT2D eigenvalue weighted by Crippen LogP contribution is -2.40. The number of sulfonamides is 1. The van der Waals surface area contributed by atoms with Crippen LogP contribution in [0.25, 0.3) is 10.2 Å². The molecule has 3 aromatic rings. The fraction of sp³-hybridized carbons (Fsp3) is 0.364. The van der Waals surface area contributed by atoms with E-state index < -0.39 is 10.0 Å². The Morgan fingerprint density at radius 1 is 1.19 bits per heavy atom. The number of benzene rings is 2. The van der Waals surface area contributed by atoms with Crippen LogP contribution in [0.5, 0.6) is 5.75 Å². The van der Waals surface area contributed by atoms with Gasteiger partial charge in [-0.1, -0.05) is 22.9 Å². The number of amides is 1. The molecule has 0 unspecified atom stereocenters. The molecule has 2 heterocycles. The van der Waals surface area contributed by atoms with Gasteiger partial charge in [-0.25, -0.2) is 8.42 Å². The van der Waals surface area contributed by atoms with E-state index in [1.807, 2.05) is 30.7 Å². The van der Waals surface area contributed by atoms with Crippen molar-refractivity contribution in [1.82, 2.24) is 8.87 Å². The van der Waals surface area contributed by atoms with Gasteiger partial charge < -0.3 is 9.30 Å². The topological polar surface area (TPSA) is 81.0 Å². The molecule has 0 spiro atoms. The highest BCUT2D eigenvalue weighted by Crippen LogP contribution is 2.27. The number of rotatable bonds is 4. The van der Waals surface area contributed by atoms with Crippen LogP contribution in [-0.2, 0) is 21.9 Å². The summed E-state index contributed by atoms with van der Waals surface area (Å²) in [5.74, 6) is 0.0892. The van der Waals surface area contributed by atoms with E-state index in [0.717, 1.165) is 15.8 Å². The number of thiazole rings is 1. The van der Waals surface area contributed by atoms with E-state index in [-0.39, 0.29) is 29.8 Å². The number of aryl methyl sites for hydroxylation is 2. The minimum atomic E-state index is -3.61. The predicted molar refractivity (Wildman–Crippen MR) is 126 cm³/mol. The maximum absolute atomic E-state index is 12.9. The van der Waals surface area contributed by atoms with Gasteiger partial charge in [0.25, 0.3) is 5.91 Å². The highest BCUT2D eigenvalue weighted by atomic mass is 35.5. The van der Waals surface area contributed by atoms with Gasteiger partial charge in [0.05, 0.1) is 22.2 Å². The molecule has 32 heavy (non-hydrogen) atoms. The van der Waals surface area contributed by atoms with Gasteiger partial charge in [0.2, 0.25) is 10.0 Å². The van der Waals surface area contributed by atoms with Gasteiger partial charge in [0, 0.05) is 31.1 Å². The second-order valence-corrected chi connectivity index (χ2v) is 11.2. The average Bonchev–Trinajstić information content (AvgIpc) is 3.08. The molecule has 1 aliphatic rings. The zero-order valence-electron chi connectivity index (χ0n) is 18.0.